The molecule has 1 aromatic carbocycles. The van der Waals surface area contributed by atoms with Crippen LogP contribution in [-0.2, 0) is 9.53 Å². The molecule has 6 nitrogen and oxygen atoms in total. The maximum absolute atomic E-state index is 12.5. The molecule has 1 atom stereocenters. The van der Waals surface area contributed by atoms with Gasteiger partial charge in [0.25, 0.3) is 5.91 Å². The van der Waals surface area contributed by atoms with Crippen molar-refractivity contribution in [1.29, 1.82) is 0 Å². The van der Waals surface area contributed by atoms with Crippen LogP contribution in [0.25, 0.3) is 11.3 Å². The molecule has 0 aliphatic carbocycles. The Hall–Kier alpha value is -2.77. The molecule has 0 fully saturated rings. The molecule has 1 N–H and O–H groups in total. The predicted molar refractivity (Wildman–Crippen MR) is 105 cm³/mol. The zero-order valence-corrected chi connectivity index (χ0v) is 16.0. The van der Waals surface area contributed by atoms with Crippen molar-refractivity contribution < 1.29 is 14.3 Å². The van der Waals surface area contributed by atoms with E-state index in [-0.39, 0.29) is 10.7 Å². The number of benzene rings is 1. The van der Waals surface area contributed by atoms with Gasteiger partial charge in [-0.05, 0) is 18.6 Å². The Morgan fingerprint density at radius 3 is 2.70 bits per heavy atom. The highest BCUT2D eigenvalue weighted by Crippen LogP contribution is 2.25. The largest absolute Gasteiger partial charge is 0.449 e. The second-order valence-electron chi connectivity index (χ2n) is 5.54. The fourth-order valence-corrected chi connectivity index (χ4v) is 3.23. The summed E-state index contributed by atoms with van der Waals surface area (Å²) in [6.45, 7) is 1.75. The first kappa shape index (κ1) is 19.0. The average Bonchev–Trinajstić information content (AvgIpc) is 3.15. The third-order valence-electron chi connectivity index (χ3n) is 3.70. The van der Waals surface area contributed by atoms with Crippen molar-refractivity contribution >= 4 is 39.9 Å². The Morgan fingerprint density at radius 1 is 1.22 bits per heavy atom. The van der Waals surface area contributed by atoms with Crippen molar-refractivity contribution in [3.63, 3.8) is 0 Å². The molecule has 1 amide bonds. The van der Waals surface area contributed by atoms with E-state index in [2.05, 4.69) is 15.3 Å². The van der Waals surface area contributed by atoms with Gasteiger partial charge in [0, 0.05) is 17.1 Å². The number of nitrogens with zero attached hydrogens (tertiary/aromatic N) is 2. The van der Waals surface area contributed by atoms with Crippen LogP contribution in [0.1, 0.15) is 23.7 Å². The highest BCUT2D eigenvalue weighted by atomic mass is 35.5. The Morgan fingerprint density at radius 2 is 2.00 bits per heavy atom. The van der Waals surface area contributed by atoms with Crippen molar-refractivity contribution in [2.24, 2.45) is 0 Å². The van der Waals surface area contributed by atoms with E-state index in [0.717, 1.165) is 11.3 Å². The van der Waals surface area contributed by atoms with Crippen molar-refractivity contribution in [2.45, 2.75) is 19.4 Å². The van der Waals surface area contributed by atoms with E-state index in [1.54, 1.807) is 13.0 Å². The Balaban J connectivity index is 1.66. The number of pyridine rings is 1. The van der Waals surface area contributed by atoms with Crippen LogP contribution in [-0.4, -0.2) is 27.9 Å². The lowest BCUT2D eigenvalue weighted by Gasteiger charge is -2.15. The molecule has 2 aromatic heterocycles. The van der Waals surface area contributed by atoms with Gasteiger partial charge in [-0.2, -0.15) is 0 Å². The van der Waals surface area contributed by atoms with Crippen LogP contribution in [0, 0.1) is 0 Å². The number of nitrogens with one attached hydrogen (secondary N) is 1. The first-order chi connectivity index (χ1) is 13.1. The number of aromatic nitrogens is 2. The summed E-state index contributed by atoms with van der Waals surface area (Å²) in [5.74, 6) is -1.14. The van der Waals surface area contributed by atoms with E-state index in [0.29, 0.717) is 11.6 Å². The third-order valence-corrected chi connectivity index (χ3v) is 4.75. The van der Waals surface area contributed by atoms with Gasteiger partial charge in [0.2, 0.25) is 0 Å². The van der Waals surface area contributed by atoms with Crippen LogP contribution in [0.15, 0.2) is 54.0 Å². The lowest BCUT2D eigenvalue weighted by atomic mass is 10.2. The Bertz CT molecular complexity index is 946. The van der Waals surface area contributed by atoms with Crippen molar-refractivity contribution in [3.8, 4) is 11.3 Å². The van der Waals surface area contributed by atoms with E-state index in [1.165, 1.54) is 23.6 Å². The number of carbonyl (C=O) groups is 2. The van der Waals surface area contributed by atoms with Crippen LogP contribution < -0.4 is 5.32 Å². The van der Waals surface area contributed by atoms with Gasteiger partial charge in [-0.3, -0.25) is 10.1 Å². The number of hydrogen-bond acceptors (Lipinski definition) is 6. The minimum Gasteiger partial charge on any atom is -0.449 e. The summed E-state index contributed by atoms with van der Waals surface area (Å²) in [6.07, 6.45) is 0.820. The van der Waals surface area contributed by atoms with Crippen LogP contribution in [0.5, 0.6) is 0 Å². The van der Waals surface area contributed by atoms with E-state index in [4.69, 9.17) is 16.3 Å². The van der Waals surface area contributed by atoms with Crippen molar-refractivity contribution in [1.82, 2.24) is 9.97 Å². The predicted octanol–water partition coefficient (Wildman–Crippen LogP) is 4.43. The topological polar surface area (TPSA) is 81.2 Å². The monoisotopic (exact) mass is 401 g/mol. The van der Waals surface area contributed by atoms with Gasteiger partial charge in [-0.1, -0.05) is 48.9 Å². The zero-order valence-electron chi connectivity index (χ0n) is 14.4. The summed E-state index contributed by atoms with van der Waals surface area (Å²) < 4.78 is 5.29. The molecule has 3 rings (SSSR count). The second-order valence-corrected chi connectivity index (χ2v) is 6.75. The molecule has 3 aromatic rings. The third kappa shape index (κ3) is 4.69. The summed E-state index contributed by atoms with van der Waals surface area (Å²) in [6, 6.07) is 12.7. The Labute approximate surface area is 165 Å². The molecule has 8 heteroatoms. The first-order valence-corrected chi connectivity index (χ1v) is 9.47. The summed E-state index contributed by atoms with van der Waals surface area (Å²) in [5.41, 5.74) is 1.84. The second kappa shape index (κ2) is 8.75. The first-order valence-electron chi connectivity index (χ1n) is 8.21. The van der Waals surface area contributed by atoms with E-state index >= 15 is 0 Å². The number of hydrogen-bond donors (Lipinski definition) is 1. The number of thiazole rings is 1. The van der Waals surface area contributed by atoms with Crippen LogP contribution in [0.4, 0.5) is 5.13 Å². The molecule has 27 heavy (non-hydrogen) atoms. The fraction of sp³-hybridized carbons (Fsp3) is 0.158. The van der Waals surface area contributed by atoms with Crippen LogP contribution in [0.2, 0.25) is 5.15 Å². The van der Waals surface area contributed by atoms with E-state index in [9.17, 15) is 9.59 Å². The molecule has 138 valence electrons. The zero-order chi connectivity index (χ0) is 19.2. The maximum Gasteiger partial charge on any atom is 0.342 e. The molecule has 0 aliphatic heterocycles. The van der Waals surface area contributed by atoms with Gasteiger partial charge in [0.05, 0.1) is 11.3 Å². The van der Waals surface area contributed by atoms with Crippen LogP contribution in [0.3, 0.4) is 0 Å². The van der Waals surface area contributed by atoms with E-state index < -0.39 is 18.0 Å². The molecule has 2 heterocycles. The maximum atomic E-state index is 12.5. The average molecular weight is 402 g/mol. The summed E-state index contributed by atoms with van der Waals surface area (Å²) >= 11 is 7.20. The molecule has 0 bridgehead atoms. The standard InChI is InChI=1S/C19H16ClN3O3S/c1-2-15(26-18(25)13-9-6-10-21-16(13)20)17(24)23-19-22-14(11-27-19)12-7-4-3-5-8-12/h3-11,15H,2H2,1H3,(H,22,23,24). The van der Waals surface area contributed by atoms with Crippen LogP contribution >= 0.6 is 22.9 Å². The quantitative estimate of drug-likeness (QED) is 0.488. The lowest BCUT2D eigenvalue weighted by Crippen LogP contribution is -2.32. The highest BCUT2D eigenvalue weighted by Gasteiger charge is 2.24. The molecule has 0 radical (unpaired) electrons. The number of amides is 1. The number of rotatable bonds is 6. The van der Waals surface area contributed by atoms with Crippen molar-refractivity contribution in [2.75, 3.05) is 5.32 Å². The minimum absolute atomic E-state index is 0.0326. The molecular weight excluding hydrogens is 386 g/mol. The summed E-state index contributed by atoms with van der Waals surface area (Å²) in [5, 5.41) is 5.02. The molecule has 0 saturated heterocycles. The molecular formula is C19H16ClN3O3S. The molecule has 0 saturated carbocycles. The SMILES string of the molecule is CCC(OC(=O)c1cccnc1Cl)C(=O)Nc1nc(-c2ccccc2)cs1. The number of esters is 1. The molecule has 1 unspecified atom stereocenters. The van der Waals surface area contributed by atoms with Gasteiger partial charge < -0.3 is 4.74 Å². The van der Waals surface area contributed by atoms with Gasteiger partial charge >= 0.3 is 5.97 Å². The summed E-state index contributed by atoms with van der Waals surface area (Å²) in [7, 11) is 0. The minimum atomic E-state index is -0.960. The Kier molecular flexibility index (Phi) is 6.16. The number of ether oxygens (including phenoxy) is 1. The van der Waals surface area contributed by atoms with Gasteiger partial charge in [-0.15, -0.1) is 11.3 Å². The number of halogens is 1. The fourth-order valence-electron chi connectivity index (χ4n) is 2.31. The van der Waals surface area contributed by atoms with Gasteiger partial charge in [0.1, 0.15) is 5.15 Å². The van der Waals surface area contributed by atoms with Gasteiger partial charge in [-0.25, -0.2) is 14.8 Å². The summed E-state index contributed by atoms with van der Waals surface area (Å²) in [4.78, 5) is 32.9. The van der Waals surface area contributed by atoms with Gasteiger partial charge in [0.15, 0.2) is 11.2 Å². The smallest absolute Gasteiger partial charge is 0.342 e. The number of anilines is 1. The van der Waals surface area contributed by atoms with E-state index in [1.807, 2.05) is 35.7 Å². The lowest BCUT2D eigenvalue weighted by molar-refractivity contribution is -0.124. The van der Waals surface area contributed by atoms with Crippen molar-refractivity contribution in [3.05, 3.63) is 64.8 Å². The number of carbonyl (C=O) groups excluding carboxylic acids is 2. The molecule has 0 aliphatic rings. The molecule has 0 spiro atoms. The highest BCUT2D eigenvalue weighted by molar-refractivity contribution is 7.14. The normalized spacial score (nSPS) is 11.6.